The van der Waals surface area contributed by atoms with E-state index < -0.39 is 5.92 Å². The van der Waals surface area contributed by atoms with Crippen LogP contribution in [0.3, 0.4) is 0 Å². The van der Waals surface area contributed by atoms with Gasteiger partial charge >= 0.3 is 0 Å². The molecule has 0 radical (unpaired) electrons. The maximum Gasteiger partial charge on any atom is 0.169 e. The first kappa shape index (κ1) is 23.6. The van der Waals surface area contributed by atoms with Gasteiger partial charge in [0.15, 0.2) is 11.6 Å². The third-order valence-electron chi connectivity index (χ3n) is 4.68. The lowest BCUT2D eigenvalue weighted by atomic mass is 9.91. The maximum absolute atomic E-state index is 9.79. The van der Waals surface area contributed by atoms with Gasteiger partial charge in [-0.3, -0.25) is 0 Å². The fraction of sp³-hybridized carbons (Fsp3) is 0.261. The van der Waals surface area contributed by atoms with Gasteiger partial charge in [0.1, 0.15) is 12.0 Å². The van der Waals surface area contributed by atoms with Crippen LogP contribution in [0.5, 0.6) is 0 Å². The number of hydrogen-bond donors (Lipinski definition) is 4. The van der Waals surface area contributed by atoms with Gasteiger partial charge in [0.05, 0.1) is 12.0 Å². The van der Waals surface area contributed by atoms with Crippen molar-refractivity contribution >= 4 is 46.2 Å². The molecule has 0 aliphatic heterocycles. The van der Waals surface area contributed by atoms with E-state index in [0.717, 1.165) is 16.8 Å². The molecule has 3 rings (SSSR count). The van der Waals surface area contributed by atoms with Crippen molar-refractivity contribution in [1.29, 1.82) is 5.26 Å². The summed E-state index contributed by atoms with van der Waals surface area (Å²) in [5.41, 5.74) is 15.7. The first-order valence-corrected chi connectivity index (χ1v) is 10.7. The Morgan fingerprint density at radius 3 is 2.34 bits per heavy atom. The van der Waals surface area contributed by atoms with Crippen molar-refractivity contribution in [2.45, 2.75) is 39.2 Å². The number of rotatable bonds is 6. The summed E-state index contributed by atoms with van der Waals surface area (Å²) < 4.78 is 0. The molecule has 0 bridgehead atoms. The molecule has 1 atom stereocenters. The van der Waals surface area contributed by atoms with Crippen molar-refractivity contribution in [3.8, 4) is 6.07 Å². The van der Waals surface area contributed by atoms with E-state index in [4.69, 9.17) is 28.9 Å². The highest BCUT2D eigenvalue weighted by molar-refractivity contribution is 6.32. The number of nitrogens with zero attached hydrogens (tertiary/aromatic N) is 3. The Bertz CT molecular complexity index is 1150. The Kier molecular flexibility index (Phi) is 7.09. The van der Waals surface area contributed by atoms with Crippen molar-refractivity contribution in [3.05, 3.63) is 69.5 Å². The predicted octanol–water partition coefficient (Wildman–Crippen LogP) is 5.79. The molecular formula is C23H25Cl2N7. The third kappa shape index (κ3) is 5.60. The number of nitrogen functional groups attached to an aromatic ring is 1. The van der Waals surface area contributed by atoms with Gasteiger partial charge in [-0.15, -0.1) is 0 Å². The van der Waals surface area contributed by atoms with Crippen LogP contribution in [0, 0.1) is 18.3 Å². The first-order chi connectivity index (χ1) is 15.1. The van der Waals surface area contributed by atoms with Crippen molar-refractivity contribution in [2.24, 2.45) is 0 Å². The normalized spacial score (nSPS) is 12.2. The van der Waals surface area contributed by atoms with E-state index in [1.165, 1.54) is 6.33 Å². The number of halogens is 2. The average molecular weight is 470 g/mol. The molecular weight excluding hydrogens is 445 g/mol. The molecule has 9 heteroatoms. The molecule has 5 N–H and O–H groups in total. The molecule has 1 aromatic heterocycles. The van der Waals surface area contributed by atoms with Gasteiger partial charge in [0, 0.05) is 21.3 Å². The molecule has 1 unspecified atom stereocenters. The Morgan fingerprint density at radius 1 is 1.06 bits per heavy atom. The molecule has 166 valence electrons. The zero-order chi connectivity index (χ0) is 23.5. The zero-order valence-corrected chi connectivity index (χ0v) is 19.8. The summed E-state index contributed by atoms with van der Waals surface area (Å²) >= 11 is 12.6. The van der Waals surface area contributed by atoms with E-state index in [-0.39, 0.29) is 5.54 Å². The minimum atomic E-state index is -0.518. The second kappa shape index (κ2) is 9.61. The maximum atomic E-state index is 9.79. The Hall–Kier alpha value is -3.05. The van der Waals surface area contributed by atoms with Crippen molar-refractivity contribution < 1.29 is 0 Å². The lowest BCUT2D eigenvalue weighted by Crippen LogP contribution is -2.40. The summed E-state index contributed by atoms with van der Waals surface area (Å²) in [6, 6.07) is 13.2. The number of hydrogen-bond acceptors (Lipinski definition) is 7. The first-order valence-electron chi connectivity index (χ1n) is 9.95. The van der Waals surface area contributed by atoms with Gasteiger partial charge in [-0.2, -0.15) is 5.26 Å². The number of hydrazine groups is 1. The molecule has 0 aliphatic carbocycles. The van der Waals surface area contributed by atoms with Gasteiger partial charge < -0.3 is 16.5 Å². The number of nitriles is 1. The average Bonchev–Trinajstić information content (AvgIpc) is 2.73. The van der Waals surface area contributed by atoms with Crippen LogP contribution in [0.25, 0.3) is 0 Å². The fourth-order valence-electron chi connectivity index (χ4n) is 3.01. The van der Waals surface area contributed by atoms with E-state index in [9.17, 15) is 5.26 Å². The van der Waals surface area contributed by atoms with Gasteiger partial charge in [-0.05, 0) is 62.6 Å². The van der Waals surface area contributed by atoms with Crippen molar-refractivity contribution in [3.63, 3.8) is 0 Å². The van der Waals surface area contributed by atoms with Crippen molar-refractivity contribution in [1.82, 2.24) is 15.4 Å². The number of aryl methyl sites for hydroxylation is 1. The number of anilines is 4. The standard InChI is InChI=1S/C23H25Cl2N7/c1-13-9-16(17(11-26)14-5-7-15(24)8-6-14)18(25)10-19(13)30-21-20(27)22(29-12-28-21)31-32-23(2,3)4/h5-10,12,17,32H,27H2,1-4H3,(H2,28,29,30,31). The Labute approximate surface area is 197 Å². The van der Waals surface area contributed by atoms with Gasteiger partial charge in [0.2, 0.25) is 0 Å². The van der Waals surface area contributed by atoms with E-state index in [2.05, 4.69) is 32.2 Å². The van der Waals surface area contributed by atoms with Crippen LogP contribution < -0.4 is 21.9 Å². The second-order valence-corrected chi connectivity index (χ2v) is 9.26. The number of benzene rings is 2. The van der Waals surface area contributed by atoms with E-state index >= 15 is 0 Å². The quantitative estimate of drug-likeness (QED) is 0.338. The zero-order valence-electron chi connectivity index (χ0n) is 18.3. The monoisotopic (exact) mass is 469 g/mol. The molecule has 2 aromatic carbocycles. The van der Waals surface area contributed by atoms with Crippen LogP contribution >= 0.6 is 23.2 Å². The SMILES string of the molecule is Cc1cc(C(C#N)c2ccc(Cl)cc2)c(Cl)cc1Nc1ncnc(NNC(C)(C)C)c1N. The third-order valence-corrected chi connectivity index (χ3v) is 5.26. The summed E-state index contributed by atoms with van der Waals surface area (Å²) in [6.45, 7) is 7.97. The molecule has 1 heterocycles. The largest absolute Gasteiger partial charge is 0.393 e. The highest BCUT2D eigenvalue weighted by Gasteiger charge is 2.19. The lowest BCUT2D eigenvalue weighted by Gasteiger charge is -2.22. The summed E-state index contributed by atoms with van der Waals surface area (Å²) in [6.07, 6.45) is 1.42. The minimum Gasteiger partial charge on any atom is -0.393 e. The Morgan fingerprint density at radius 2 is 1.72 bits per heavy atom. The molecule has 0 spiro atoms. The molecule has 32 heavy (non-hydrogen) atoms. The van der Waals surface area contributed by atoms with Crippen LogP contribution in [0.4, 0.5) is 23.0 Å². The highest BCUT2D eigenvalue weighted by atomic mass is 35.5. The second-order valence-electron chi connectivity index (χ2n) is 8.41. The smallest absolute Gasteiger partial charge is 0.169 e. The van der Waals surface area contributed by atoms with Gasteiger partial charge in [-0.25, -0.2) is 15.4 Å². The fourth-order valence-corrected chi connectivity index (χ4v) is 3.41. The topological polar surface area (TPSA) is 112 Å². The van der Waals surface area contributed by atoms with Crippen LogP contribution in [0.2, 0.25) is 10.0 Å². The van der Waals surface area contributed by atoms with Crippen LogP contribution in [-0.4, -0.2) is 15.5 Å². The van der Waals surface area contributed by atoms with Crippen LogP contribution in [0.15, 0.2) is 42.7 Å². The molecule has 0 saturated heterocycles. The van der Waals surface area contributed by atoms with Gasteiger partial charge in [0.25, 0.3) is 0 Å². The van der Waals surface area contributed by atoms with E-state index in [0.29, 0.717) is 32.9 Å². The Balaban J connectivity index is 1.89. The van der Waals surface area contributed by atoms with E-state index in [1.807, 2.05) is 45.9 Å². The van der Waals surface area contributed by atoms with E-state index in [1.54, 1.807) is 18.2 Å². The summed E-state index contributed by atoms with van der Waals surface area (Å²) in [4.78, 5) is 8.45. The van der Waals surface area contributed by atoms with Gasteiger partial charge in [-0.1, -0.05) is 41.4 Å². The molecule has 0 fully saturated rings. The van der Waals surface area contributed by atoms with Crippen LogP contribution in [-0.2, 0) is 0 Å². The molecule has 0 saturated carbocycles. The molecule has 7 nitrogen and oxygen atoms in total. The highest BCUT2D eigenvalue weighted by Crippen LogP contribution is 2.36. The van der Waals surface area contributed by atoms with Crippen LogP contribution in [0.1, 0.15) is 43.4 Å². The number of nitrogens with one attached hydrogen (secondary N) is 3. The summed E-state index contributed by atoms with van der Waals surface area (Å²) in [5, 5.41) is 14.1. The molecule has 0 aliphatic rings. The lowest BCUT2D eigenvalue weighted by molar-refractivity contribution is 0.464. The predicted molar refractivity (Wildman–Crippen MR) is 131 cm³/mol. The summed E-state index contributed by atoms with van der Waals surface area (Å²) in [5.74, 6) is 0.389. The molecule has 3 aromatic rings. The molecule has 0 amide bonds. The summed E-state index contributed by atoms with van der Waals surface area (Å²) in [7, 11) is 0. The van der Waals surface area contributed by atoms with Crippen molar-refractivity contribution in [2.75, 3.05) is 16.5 Å². The number of nitrogens with two attached hydrogens (primary N) is 1. The number of aromatic nitrogens is 2. The minimum absolute atomic E-state index is 0.174.